The van der Waals surface area contributed by atoms with Gasteiger partial charge in [0.05, 0.1) is 0 Å². The van der Waals surface area contributed by atoms with Crippen LogP contribution < -0.4 is 5.73 Å². The standard InChI is InChI=1S/C9H14N2/c1-8(6-10)5-9-3-2-4-11-7-9/h2-4,7-8H,5-6,10H2,1H3/t8-/m1/s1. The van der Waals surface area contributed by atoms with Gasteiger partial charge in [0, 0.05) is 12.4 Å². The van der Waals surface area contributed by atoms with Crippen molar-refractivity contribution in [3.05, 3.63) is 30.1 Å². The number of nitrogens with zero attached hydrogens (tertiary/aromatic N) is 1. The van der Waals surface area contributed by atoms with Crippen LogP contribution in [0.2, 0.25) is 0 Å². The summed E-state index contributed by atoms with van der Waals surface area (Å²) in [6.45, 7) is 2.89. The van der Waals surface area contributed by atoms with Crippen LogP contribution in [0.1, 0.15) is 12.5 Å². The zero-order valence-electron chi connectivity index (χ0n) is 6.83. The molecule has 0 spiro atoms. The number of pyridine rings is 1. The Balaban J connectivity index is 2.51. The highest BCUT2D eigenvalue weighted by atomic mass is 14.6. The maximum Gasteiger partial charge on any atom is 0.0299 e. The van der Waals surface area contributed by atoms with E-state index in [9.17, 15) is 0 Å². The zero-order valence-corrected chi connectivity index (χ0v) is 6.83. The summed E-state index contributed by atoms with van der Waals surface area (Å²) in [6.07, 6.45) is 4.72. The largest absolute Gasteiger partial charge is 0.330 e. The molecule has 1 rings (SSSR count). The van der Waals surface area contributed by atoms with Crippen molar-refractivity contribution in [1.82, 2.24) is 4.98 Å². The van der Waals surface area contributed by atoms with Crippen molar-refractivity contribution in [2.75, 3.05) is 6.54 Å². The van der Waals surface area contributed by atoms with E-state index in [-0.39, 0.29) is 0 Å². The van der Waals surface area contributed by atoms with Crippen LogP contribution in [0.15, 0.2) is 24.5 Å². The van der Waals surface area contributed by atoms with Gasteiger partial charge in [0.2, 0.25) is 0 Å². The molecule has 0 saturated carbocycles. The predicted octanol–water partition coefficient (Wildman–Crippen LogP) is 1.22. The van der Waals surface area contributed by atoms with Gasteiger partial charge in [-0.1, -0.05) is 13.0 Å². The van der Waals surface area contributed by atoms with Crippen LogP contribution >= 0.6 is 0 Å². The lowest BCUT2D eigenvalue weighted by atomic mass is 10.0. The molecule has 2 heteroatoms. The molecule has 1 aromatic heterocycles. The molecule has 0 fully saturated rings. The number of hydrogen-bond donors (Lipinski definition) is 1. The van der Waals surface area contributed by atoms with Gasteiger partial charge in [0.25, 0.3) is 0 Å². The zero-order chi connectivity index (χ0) is 8.10. The molecule has 2 N–H and O–H groups in total. The Morgan fingerprint density at radius 1 is 1.64 bits per heavy atom. The first-order valence-corrected chi connectivity index (χ1v) is 3.92. The summed E-state index contributed by atoms with van der Waals surface area (Å²) in [7, 11) is 0. The maximum absolute atomic E-state index is 5.50. The van der Waals surface area contributed by atoms with Gasteiger partial charge in [0.15, 0.2) is 0 Å². The first-order chi connectivity index (χ1) is 5.33. The predicted molar refractivity (Wildman–Crippen MR) is 46.2 cm³/mol. The Kier molecular flexibility index (Phi) is 3.05. The summed E-state index contributed by atoms with van der Waals surface area (Å²) >= 11 is 0. The van der Waals surface area contributed by atoms with Crippen molar-refractivity contribution in [1.29, 1.82) is 0 Å². The third kappa shape index (κ3) is 2.68. The average Bonchev–Trinajstić information content (AvgIpc) is 2.06. The molecule has 0 amide bonds. The fourth-order valence-electron chi connectivity index (χ4n) is 1.00. The SMILES string of the molecule is C[C@@H](CN)Cc1cccnc1. The quantitative estimate of drug-likeness (QED) is 0.703. The average molecular weight is 150 g/mol. The van der Waals surface area contributed by atoms with E-state index in [0.29, 0.717) is 5.92 Å². The topological polar surface area (TPSA) is 38.9 Å². The Labute approximate surface area is 67.5 Å². The summed E-state index contributed by atoms with van der Waals surface area (Å²) in [5, 5.41) is 0. The number of aromatic nitrogens is 1. The van der Waals surface area contributed by atoms with Gasteiger partial charge in [-0.25, -0.2) is 0 Å². The van der Waals surface area contributed by atoms with Gasteiger partial charge in [-0.15, -0.1) is 0 Å². The van der Waals surface area contributed by atoms with Crippen LogP contribution in [0.25, 0.3) is 0 Å². The highest BCUT2D eigenvalue weighted by molar-refractivity contribution is 5.08. The van der Waals surface area contributed by atoms with Crippen LogP contribution in [-0.4, -0.2) is 11.5 Å². The Hall–Kier alpha value is -0.890. The first-order valence-electron chi connectivity index (χ1n) is 3.92. The maximum atomic E-state index is 5.50. The van der Waals surface area contributed by atoms with Gasteiger partial charge in [-0.05, 0) is 30.5 Å². The van der Waals surface area contributed by atoms with E-state index in [1.54, 1.807) is 6.20 Å². The van der Waals surface area contributed by atoms with E-state index in [1.807, 2.05) is 12.3 Å². The minimum atomic E-state index is 0.555. The second-order valence-corrected chi connectivity index (χ2v) is 2.91. The highest BCUT2D eigenvalue weighted by Gasteiger charge is 1.99. The third-order valence-electron chi connectivity index (χ3n) is 1.71. The van der Waals surface area contributed by atoms with Crippen molar-refractivity contribution in [2.24, 2.45) is 11.7 Å². The molecule has 0 aliphatic heterocycles. The van der Waals surface area contributed by atoms with E-state index >= 15 is 0 Å². The highest BCUT2D eigenvalue weighted by Crippen LogP contribution is 2.04. The van der Waals surface area contributed by atoms with Crippen LogP contribution in [0.5, 0.6) is 0 Å². The van der Waals surface area contributed by atoms with Crippen molar-refractivity contribution >= 4 is 0 Å². The monoisotopic (exact) mass is 150 g/mol. The second kappa shape index (κ2) is 4.09. The fourth-order valence-corrected chi connectivity index (χ4v) is 1.00. The summed E-state index contributed by atoms with van der Waals surface area (Å²) in [5.74, 6) is 0.555. The second-order valence-electron chi connectivity index (χ2n) is 2.91. The van der Waals surface area contributed by atoms with Crippen LogP contribution in [0.4, 0.5) is 0 Å². The molecule has 0 aromatic carbocycles. The molecule has 11 heavy (non-hydrogen) atoms. The molecule has 1 aromatic rings. The van der Waals surface area contributed by atoms with E-state index in [4.69, 9.17) is 5.73 Å². The molecule has 1 heterocycles. The molecule has 0 unspecified atom stereocenters. The van der Waals surface area contributed by atoms with Crippen molar-refractivity contribution in [3.63, 3.8) is 0 Å². The smallest absolute Gasteiger partial charge is 0.0299 e. The minimum absolute atomic E-state index is 0.555. The van der Waals surface area contributed by atoms with Gasteiger partial charge < -0.3 is 5.73 Å². The normalized spacial score (nSPS) is 12.9. The molecule has 0 bridgehead atoms. The molecular formula is C9H14N2. The number of hydrogen-bond acceptors (Lipinski definition) is 2. The summed E-state index contributed by atoms with van der Waals surface area (Å²) in [4.78, 5) is 4.03. The lowest BCUT2D eigenvalue weighted by Gasteiger charge is -2.06. The van der Waals surface area contributed by atoms with Crippen molar-refractivity contribution < 1.29 is 0 Å². The Morgan fingerprint density at radius 3 is 3.00 bits per heavy atom. The van der Waals surface area contributed by atoms with Crippen molar-refractivity contribution in [2.45, 2.75) is 13.3 Å². The lowest BCUT2D eigenvalue weighted by molar-refractivity contribution is 0.592. The van der Waals surface area contributed by atoms with Gasteiger partial charge >= 0.3 is 0 Å². The summed E-state index contributed by atoms with van der Waals surface area (Å²) < 4.78 is 0. The molecule has 0 saturated heterocycles. The Bertz CT molecular complexity index is 196. The van der Waals surface area contributed by atoms with E-state index < -0.39 is 0 Å². The molecule has 2 nitrogen and oxygen atoms in total. The van der Waals surface area contributed by atoms with Gasteiger partial charge in [-0.3, -0.25) is 4.98 Å². The summed E-state index contributed by atoms with van der Waals surface area (Å²) in [6, 6.07) is 4.04. The molecule has 60 valence electrons. The van der Waals surface area contributed by atoms with Crippen LogP contribution in [0, 0.1) is 5.92 Å². The molecule has 1 atom stereocenters. The van der Waals surface area contributed by atoms with Crippen LogP contribution in [0.3, 0.4) is 0 Å². The van der Waals surface area contributed by atoms with E-state index in [2.05, 4.69) is 18.0 Å². The molecular weight excluding hydrogens is 136 g/mol. The summed E-state index contributed by atoms with van der Waals surface area (Å²) in [5.41, 5.74) is 6.77. The van der Waals surface area contributed by atoms with Crippen molar-refractivity contribution in [3.8, 4) is 0 Å². The molecule has 0 aliphatic carbocycles. The molecule has 0 radical (unpaired) electrons. The number of rotatable bonds is 3. The van der Waals surface area contributed by atoms with Gasteiger partial charge in [-0.2, -0.15) is 0 Å². The number of nitrogens with two attached hydrogens (primary N) is 1. The van der Waals surface area contributed by atoms with Gasteiger partial charge in [0.1, 0.15) is 0 Å². The van der Waals surface area contributed by atoms with Crippen LogP contribution in [-0.2, 0) is 6.42 Å². The first kappa shape index (κ1) is 8.21. The Morgan fingerprint density at radius 2 is 2.45 bits per heavy atom. The van der Waals surface area contributed by atoms with E-state index in [0.717, 1.165) is 13.0 Å². The third-order valence-corrected chi connectivity index (χ3v) is 1.71. The fraction of sp³-hybridized carbons (Fsp3) is 0.444. The van der Waals surface area contributed by atoms with E-state index in [1.165, 1.54) is 5.56 Å². The minimum Gasteiger partial charge on any atom is -0.330 e. The molecule has 0 aliphatic rings. The lowest BCUT2D eigenvalue weighted by Crippen LogP contribution is -2.13.